The zero-order chi connectivity index (χ0) is 7.68. The van der Waals surface area contributed by atoms with E-state index in [1.807, 2.05) is 0 Å². The summed E-state index contributed by atoms with van der Waals surface area (Å²) in [5, 5.41) is 8.57. The average molecular weight is 156 g/mol. The Balaban J connectivity index is 1.78. The molecule has 0 spiro atoms. The molecule has 0 aliphatic heterocycles. The molecule has 2 bridgehead atoms. The van der Waals surface area contributed by atoms with Gasteiger partial charge in [-0.2, -0.15) is 0 Å². The number of ether oxygens (including phenoxy) is 1. The lowest BCUT2D eigenvalue weighted by atomic mass is 9.98. The second-order valence-corrected chi connectivity index (χ2v) is 3.81. The Bertz CT molecular complexity index is 136. The fourth-order valence-corrected chi connectivity index (χ4v) is 2.59. The van der Waals surface area contributed by atoms with Crippen molar-refractivity contribution in [3.05, 3.63) is 0 Å². The molecule has 0 aromatic carbocycles. The van der Waals surface area contributed by atoms with E-state index in [-0.39, 0.29) is 6.61 Å². The van der Waals surface area contributed by atoms with Gasteiger partial charge in [-0.15, -0.1) is 0 Å². The van der Waals surface area contributed by atoms with Crippen molar-refractivity contribution in [3.63, 3.8) is 0 Å². The van der Waals surface area contributed by atoms with Gasteiger partial charge in [0.05, 0.1) is 19.3 Å². The molecule has 0 heterocycles. The summed E-state index contributed by atoms with van der Waals surface area (Å²) in [6.07, 6.45) is 5.91. The number of hydrogen-bond donors (Lipinski definition) is 1. The van der Waals surface area contributed by atoms with Gasteiger partial charge in [-0.1, -0.05) is 0 Å². The zero-order valence-corrected chi connectivity index (χ0v) is 6.83. The number of aliphatic hydroxyl groups excluding tert-OH is 1. The van der Waals surface area contributed by atoms with Gasteiger partial charge in [-0.25, -0.2) is 0 Å². The molecule has 0 radical (unpaired) electrons. The van der Waals surface area contributed by atoms with E-state index in [2.05, 4.69) is 0 Å². The van der Waals surface area contributed by atoms with E-state index in [1.165, 1.54) is 25.7 Å². The van der Waals surface area contributed by atoms with Crippen LogP contribution in [0.2, 0.25) is 0 Å². The first-order valence-corrected chi connectivity index (χ1v) is 4.62. The summed E-state index contributed by atoms with van der Waals surface area (Å²) in [4.78, 5) is 0. The standard InChI is InChI=1S/C9H16O2/c10-3-4-11-9-6-7-1-2-8(9)5-7/h7-10H,1-6H2. The van der Waals surface area contributed by atoms with Crippen molar-refractivity contribution in [1.29, 1.82) is 0 Å². The third-order valence-electron chi connectivity index (χ3n) is 3.10. The molecule has 0 saturated heterocycles. The largest absolute Gasteiger partial charge is 0.394 e. The molecule has 3 atom stereocenters. The van der Waals surface area contributed by atoms with Crippen LogP contribution in [0.1, 0.15) is 25.7 Å². The topological polar surface area (TPSA) is 29.5 Å². The van der Waals surface area contributed by atoms with Crippen molar-refractivity contribution < 1.29 is 9.84 Å². The minimum atomic E-state index is 0.174. The molecular weight excluding hydrogens is 140 g/mol. The van der Waals surface area contributed by atoms with Crippen LogP contribution in [0.25, 0.3) is 0 Å². The summed E-state index contributed by atoms with van der Waals surface area (Å²) < 4.78 is 5.54. The first-order valence-electron chi connectivity index (χ1n) is 4.62. The van der Waals surface area contributed by atoms with Gasteiger partial charge >= 0.3 is 0 Å². The molecule has 2 fully saturated rings. The molecule has 2 rings (SSSR count). The second-order valence-electron chi connectivity index (χ2n) is 3.81. The fourth-order valence-electron chi connectivity index (χ4n) is 2.59. The fraction of sp³-hybridized carbons (Fsp3) is 1.00. The van der Waals surface area contributed by atoms with E-state index in [0.717, 1.165) is 11.8 Å². The normalized spacial score (nSPS) is 41.7. The monoisotopic (exact) mass is 156 g/mol. The summed E-state index contributed by atoms with van der Waals surface area (Å²) in [5.74, 6) is 1.77. The van der Waals surface area contributed by atoms with Crippen LogP contribution < -0.4 is 0 Å². The molecule has 2 nitrogen and oxygen atoms in total. The zero-order valence-electron chi connectivity index (χ0n) is 6.83. The highest BCUT2D eigenvalue weighted by molar-refractivity contribution is 4.90. The smallest absolute Gasteiger partial charge is 0.0701 e. The van der Waals surface area contributed by atoms with Crippen LogP contribution in [-0.4, -0.2) is 24.4 Å². The van der Waals surface area contributed by atoms with E-state index in [9.17, 15) is 0 Å². The summed E-state index contributed by atoms with van der Waals surface area (Å²) in [6.45, 7) is 0.710. The minimum Gasteiger partial charge on any atom is -0.394 e. The minimum absolute atomic E-state index is 0.174. The Morgan fingerprint density at radius 3 is 2.73 bits per heavy atom. The second kappa shape index (κ2) is 3.11. The van der Waals surface area contributed by atoms with E-state index < -0.39 is 0 Å². The lowest BCUT2D eigenvalue weighted by molar-refractivity contribution is -0.00143. The van der Waals surface area contributed by atoms with Gasteiger partial charge in [0.2, 0.25) is 0 Å². The molecule has 2 heteroatoms. The Hall–Kier alpha value is -0.0800. The van der Waals surface area contributed by atoms with Gasteiger partial charge in [-0.05, 0) is 37.5 Å². The molecule has 11 heavy (non-hydrogen) atoms. The van der Waals surface area contributed by atoms with Crippen molar-refractivity contribution in [1.82, 2.24) is 0 Å². The highest BCUT2D eigenvalue weighted by Gasteiger charge is 2.39. The van der Waals surface area contributed by atoms with Gasteiger partial charge in [0.15, 0.2) is 0 Å². The Morgan fingerprint density at radius 1 is 1.27 bits per heavy atom. The first kappa shape index (κ1) is 7.56. The number of aliphatic hydroxyl groups is 1. The van der Waals surface area contributed by atoms with Crippen LogP contribution in [0, 0.1) is 11.8 Å². The van der Waals surface area contributed by atoms with Crippen LogP contribution in [0.3, 0.4) is 0 Å². The van der Waals surface area contributed by atoms with Crippen LogP contribution >= 0.6 is 0 Å². The summed E-state index contributed by atoms with van der Waals surface area (Å²) in [5.41, 5.74) is 0. The summed E-state index contributed by atoms with van der Waals surface area (Å²) in [6, 6.07) is 0. The van der Waals surface area contributed by atoms with Gasteiger partial charge in [-0.3, -0.25) is 0 Å². The SMILES string of the molecule is OCCOC1CC2CCC1C2. The van der Waals surface area contributed by atoms with Crippen molar-refractivity contribution in [2.75, 3.05) is 13.2 Å². The van der Waals surface area contributed by atoms with Crippen molar-refractivity contribution in [2.24, 2.45) is 11.8 Å². The van der Waals surface area contributed by atoms with Crippen LogP contribution in [0.4, 0.5) is 0 Å². The quantitative estimate of drug-likeness (QED) is 0.665. The number of hydrogen-bond acceptors (Lipinski definition) is 2. The molecule has 2 saturated carbocycles. The lowest BCUT2D eigenvalue weighted by Gasteiger charge is -2.21. The Morgan fingerprint density at radius 2 is 2.18 bits per heavy atom. The average Bonchev–Trinajstić information content (AvgIpc) is 2.60. The number of rotatable bonds is 3. The maximum atomic E-state index is 8.57. The molecule has 0 aromatic heterocycles. The van der Waals surface area contributed by atoms with Crippen molar-refractivity contribution >= 4 is 0 Å². The molecule has 1 N–H and O–H groups in total. The van der Waals surface area contributed by atoms with Gasteiger partial charge in [0.1, 0.15) is 0 Å². The molecular formula is C9H16O2. The molecule has 0 amide bonds. The Labute approximate surface area is 67.6 Å². The van der Waals surface area contributed by atoms with Crippen LogP contribution in [-0.2, 0) is 4.74 Å². The highest BCUT2D eigenvalue weighted by Crippen LogP contribution is 2.45. The first-order chi connectivity index (χ1) is 5.40. The predicted molar refractivity (Wildman–Crippen MR) is 42.3 cm³/mol. The van der Waals surface area contributed by atoms with Crippen LogP contribution in [0.15, 0.2) is 0 Å². The third-order valence-corrected chi connectivity index (χ3v) is 3.10. The van der Waals surface area contributed by atoms with Gasteiger partial charge in [0.25, 0.3) is 0 Å². The predicted octanol–water partition coefficient (Wildman–Crippen LogP) is 1.18. The highest BCUT2D eigenvalue weighted by atomic mass is 16.5. The van der Waals surface area contributed by atoms with E-state index in [0.29, 0.717) is 12.7 Å². The Kier molecular flexibility index (Phi) is 2.14. The molecule has 64 valence electrons. The van der Waals surface area contributed by atoms with Gasteiger partial charge < -0.3 is 9.84 Å². The lowest BCUT2D eigenvalue weighted by Crippen LogP contribution is -2.21. The molecule has 2 aliphatic rings. The van der Waals surface area contributed by atoms with E-state index in [4.69, 9.17) is 9.84 Å². The number of fused-ring (bicyclic) bond motifs is 2. The molecule has 3 unspecified atom stereocenters. The summed E-state index contributed by atoms with van der Waals surface area (Å²) in [7, 11) is 0. The molecule has 2 aliphatic carbocycles. The molecule has 0 aromatic rings. The maximum absolute atomic E-state index is 8.57. The van der Waals surface area contributed by atoms with E-state index in [1.54, 1.807) is 0 Å². The van der Waals surface area contributed by atoms with Crippen molar-refractivity contribution in [3.8, 4) is 0 Å². The maximum Gasteiger partial charge on any atom is 0.0701 e. The van der Waals surface area contributed by atoms with Crippen molar-refractivity contribution in [2.45, 2.75) is 31.8 Å². The summed E-state index contributed by atoms with van der Waals surface area (Å²) >= 11 is 0. The third kappa shape index (κ3) is 1.42. The van der Waals surface area contributed by atoms with Crippen LogP contribution in [0.5, 0.6) is 0 Å². The van der Waals surface area contributed by atoms with Gasteiger partial charge in [0, 0.05) is 0 Å². The van der Waals surface area contributed by atoms with E-state index >= 15 is 0 Å².